The van der Waals surface area contributed by atoms with E-state index in [1.165, 1.54) is 167 Å². The SMILES string of the molecule is CCCCCCCC/C=C\C/C=C/C(CC(=O)NC(CO)C(O)CCCCCCCCCCCC)OC(=O)CCCCCCCCCCCCCCCCCC. The van der Waals surface area contributed by atoms with Crippen LogP contribution < -0.4 is 5.32 Å². The number of hydrogen-bond donors (Lipinski definition) is 3. The van der Waals surface area contributed by atoms with Gasteiger partial charge >= 0.3 is 5.97 Å². The molecule has 56 heavy (non-hydrogen) atoms. The number of aliphatic hydroxyl groups is 2. The largest absolute Gasteiger partial charge is 0.458 e. The van der Waals surface area contributed by atoms with Gasteiger partial charge in [0.1, 0.15) is 6.10 Å². The fourth-order valence-electron chi connectivity index (χ4n) is 7.51. The Kier molecular flexibility index (Phi) is 43.1. The van der Waals surface area contributed by atoms with Crippen molar-refractivity contribution in [1.29, 1.82) is 0 Å². The van der Waals surface area contributed by atoms with Gasteiger partial charge in [0.2, 0.25) is 5.91 Å². The van der Waals surface area contributed by atoms with Crippen molar-refractivity contribution in [2.45, 2.75) is 277 Å². The molecule has 0 aliphatic heterocycles. The average Bonchev–Trinajstić information content (AvgIpc) is 3.19. The predicted molar refractivity (Wildman–Crippen MR) is 241 cm³/mol. The predicted octanol–water partition coefficient (Wildman–Crippen LogP) is 14.3. The van der Waals surface area contributed by atoms with Crippen LogP contribution in [0.1, 0.15) is 258 Å². The number of amides is 1. The molecule has 330 valence electrons. The molecular weight excluding hydrogens is 695 g/mol. The zero-order valence-corrected chi connectivity index (χ0v) is 37.5. The van der Waals surface area contributed by atoms with E-state index in [2.05, 4.69) is 38.2 Å². The molecule has 0 heterocycles. The lowest BCUT2D eigenvalue weighted by Crippen LogP contribution is -2.46. The molecule has 0 radical (unpaired) electrons. The summed E-state index contributed by atoms with van der Waals surface area (Å²) in [6.07, 6.45) is 49.9. The third-order valence-corrected chi connectivity index (χ3v) is 11.3. The molecule has 3 unspecified atom stereocenters. The highest BCUT2D eigenvalue weighted by atomic mass is 16.5. The van der Waals surface area contributed by atoms with Gasteiger partial charge in [-0.15, -0.1) is 0 Å². The Hall–Kier alpha value is -1.66. The normalized spacial score (nSPS) is 13.4. The number of nitrogens with one attached hydrogen (secondary N) is 1. The van der Waals surface area contributed by atoms with Crippen LogP contribution >= 0.6 is 0 Å². The summed E-state index contributed by atoms with van der Waals surface area (Å²) in [6, 6.07) is -0.726. The first kappa shape index (κ1) is 54.3. The first-order valence-corrected chi connectivity index (χ1v) is 24.6. The summed E-state index contributed by atoms with van der Waals surface area (Å²) in [5.41, 5.74) is 0. The number of rotatable bonds is 44. The monoisotopic (exact) mass is 790 g/mol. The Morgan fingerprint density at radius 3 is 1.39 bits per heavy atom. The maximum Gasteiger partial charge on any atom is 0.306 e. The standard InChI is InChI=1S/C50H95NO5/c1-4-7-10-13-16-19-22-23-24-25-26-28-31-34-37-40-43-50(55)56-46(41-38-35-32-29-27-20-17-14-11-8-5-2)44-49(54)51-47(45-52)48(53)42-39-36-33-30-21-18-15-12-9-6-3/h29,32,38,41,46-48,52-53H,4-28,30-31,33-37,39-40,42-45H2,1-3H3,(H,51,54)/b32-29-,41-38+. The van der Waals surface area contributed by atoms with Crippen molar-refractivity contribution in [3.63, 3.8) is 0 Å². The molecule has 0 aromatic rings. The lowest BCUT2D eigenvalue weighted by Gasteiger charge is -2.23. The van der Waals surface area contributed by atoms with Gasteiger partial charge in [-0.25, -0.2) is 0 Å². The molecule has 0 fully saturated rings. The highest BCUT2D eigenvalue weighted by Crippen LogP contribution is 2.16. The summed E-state index contributed by atoms with van der Waals surface area (Å²) >= 11 is 0. The van der Waals surface area contributed by atoms with Gasteiger partial charge in [0.15, 0.2) is 0 Å². The van der Waals surface area contributed by atoms with Gasteiger partial charge in [0.25, 0.3) is 0 Å². The van der Waals surface area contributed by atoms with E-state index in [9.17, 15) is 19.8 Å². The van der Waals surface area contributed by atoms with Crippen LogP contribution in [0.4, 0.5) is 0 Å². The molecule has 0 aliphatic rings. The molecule has 6 heteroatoms. The third kappa shape index (κ3) is 39.2. The van der Waals surface area contributed by atoms with Crippen LogP contribution in [0.3, 0.4) is 0 Å². The summed E-state index contributed by atoms with van der Waals surface area (Å²) in [5, 5.41) is 23.6. The summed E-state index contributed by atoms with van der Waals surface area (Å²) < 4.78 is 5.82. The average molecular weight is 790 g/mol. The van der Waals surface area contributed by atoms with Crippen LogP contribution in [0.25, 0.3) is 0 Å². The third-order valence-electron chi connectivity index (χ3n) is 11.3. The Labute approximate surface area is 348 Å². The second kappa shape index (κ2) is 44.4. The fraction of sp³-hybridized carbons (Fsp3) is 0.880. The summed E-state index contributed by atoms with van der Waals surface area (Å²) in [4.78, 5) is 26.0. The molecule has 6 nitrogen and oxygen atoms in total. The van der Waals surface area contributed by atoms with E-state index in [0.717, 1.165) is 51.4 Å². The molecule has 0 bridgehead atoms. The first-order chi connectivity index (χ1) is 27.5. The summed E-state index contributed by atoms with van der Waals surface area (Å²) in [6.45, 7) is 6.44. The van der Waals surface area contributed by atoms with E-state index < -0.39 is 18.2 Å². The van der Waals surface area contributed by atoms with Gasteiger partial charge in [-0.05, 0) is 38.2 Å². The Bertz CT molecular complexity index is 889. The summed E-state index contributed by atoms with van der Waals surface area (Å²) in [7, 11) is 0. The lowest BCUT2D eigenvalue weighted by molar-refractivity contribution is -0.148. The minimum absolute atomic E-state index is 0.0237. The quantitative estimate of drug-likeness (QED) is 0.0324. The van der Waals surface area contributed by atoms with Crippen molar-refractivity contribution in [3.8, 4) is 0 Å². The molecule has 0 spiro atoms. The van der Waals surface area contributed by atoms with Gasteiger partial charge in [-0.2, -0.15) is 0 Å². The highest BCUT2D eigenvalue weighted by molar-refractivity contribution is 5.78. The number of carbonyl (C=O) groups is 2. The number of allylic oxidation sites excluding steroid dienone is 3. The van der Waals surface area contributed by atoms with E-state index in [1.54, 1.807) is 0 Å². The van der Waals surface area contributed by atoms with Gasteiger partial charge in [0, 0.05) is 6.42 Å². The number of unbranched alkanes of at least 4 members (excludes halogenated alkanes) is 30. The van der Waals surface area contributed by atoms with Crippen LogP contribution in [-0.2, 0) is 14.3 Å². The lowest BCUT2D eigenvalue weighted by atomic mass is 10.0. The van der Waals surface area contributed by atoms with Gasteiger partial charge in [-0.3, -0.25) is 9.59 Å². The van der Waals surface area contributed by atoms with Crippen molar-refractivity contribution < 1.29 is 24.5 Å². The molecule has 3 N–H and O–H groups in total. The number of aliphatic hydroxyl groups excluding tert-OH is 2. The van der Waals surface area contributed by atoms with Crippen LogP contribution in [0.15, 0.2) is 24.3 Å². The Morgan fingerprint density at radius 2 is 0.946 bits per heavy atom. The number of esters is 1. The smallest absolute Gasteiger partial charge is 0.306 e. The highest BCUT2D eigenvalue weighted by Gasteiger charge is 2.23. The molecule has 0 rings (SSSR count). The Morgan fingerprint density at radius 1 is 0.536 bits per heavy atom. The minimum Gasteiger partial charge on any atom is -0.458 e. The second-order valence-electron chi connectivity index (χ2n) is 16.9. The van der Waals surface area contributed by atoms with Crippen LogP contribution in [0, 0.1) is 0 Å². The van der Waals surface area contributed by atoms with Crippen molar-refractivity contribution in [2.24, 2.45) is 0 Å². The van der Waals surface area contributed by atoms with Crippen LogP contribution in [0.5, 0.6) is 0 Å². The maximum absolute atomic E-state index is 13.1. The molecule has 0 aromatic heterocycles. The topological polar surface area (TPSA) is 95.9 Å². The zero-order valence-electron chi connectivity index (χ0n) is 37.5. The van der Waals surface area contributed by atoms with Crippen LogP contribution in [-0.4, -0.2) is 46.9 Å². The van der Waals surface area contributed by atoms with E-state index in [0.29, 0.717) is 12.8 Å². The Balaban J connectivity index is 4.58. The van der Waals surface area contributed by atoms with Crippen molar-refractivity contribution >= 4 is 11.9 Å². The van der Waals surface area contributed by atoms with E-state index in [-0.39, 0.29) is 24.9 Å². The van der Waals surface area contributed by atoms with E-state index in [1.807, 2.05) is 12.2 Å². The van der Waals surface area contributed by atoms with Gasteiger partial charge in [0.05, 0.1) is 25.2 Å². The molecule has 0 aromatic carbocycles. The van der Waals surface area contributed by atoms with Crippen molar-refractivity contribution in [1.82, 2.24) is 5.32 Å². The number of carbonyl (C=O) groups excluding carboxylic acids is 2. The minimum atomic E-state index is -0.804. The molecule has 0 aliphatic carbocycles. The zero-order chi connectivity index (χ0) is 41.0. The van der Waals surface area contributed by atoms with Crippen molar-refractivity contribution in [2.75, 3.05) is 6.61 Å². The molecular formula is C50H95NO5. The molecule has 1 amide bonds. The maximum atomic E-state index is 13.1. The summed E-state index contributed by atoms with van der Waals surface area (Å²) in [5.74, 6) is -0.592. The number of hydrogen-bond acceptors (Lipinski definition) is 5. The van der Waals surface area contributed by atoms with Crippen LogP contribution in [0.2, 0.25) is 0 Å². The molecule has 0 saturated carbocycles. The first-order valence-electron chi connectivity index (χ1n) is 24.6. The van der Waals surface area contributed by atoms with Gasteiger partial charge < -0.3 is 20.3 Å². The van der Waals surface area contributed by atoms with Gasteiger partial charge in [-0.1, -0.05) is 232 Å². The van der Waals surface area contributed by atoms with E-state index >= 15 is 0 Å². The van der Waals surface area contributed by atoms with Crippen molar-refractivity contribution in [3.05, 3.63) is 24.3 Å². The molecule has 0 saturated heterocycles. The fourth-order valence-corrected chi connectivity index (χ4v) is 7.51. The number of ether oxygens (including phenoxy) is 1. The van der Waals surface area contributed by atoms with E-state index in [4.69, 9.17) is 4.74 Å². The molecule has 3 atom stereocenters. The second-order valence-corrected chi connectivity index (χ2v) is 16.9.